The van der Waals surface area contributed by atoms with Gasteiger partial charge in [0, 0.05) is 29.9 Å². The number of hydrogen-bond donors (Lipinski definition) is 0. The number of carbonyl (C=O) groups is 1. The Hall–Kier alpha value is -1.73. The smallest absolute Gasteiger partial charge is 0.271 e. The Balaban J connectivity index is 2.03. The number of aryl methyl sites for hydroxylation is 2. The van der Waals surface area contributed by atoms with Crippen molar-refractivity contribution in [1.29, 1.82) is 0 Å². The Morgan fingerprint density at radius 3 is 2.59 bits per heavy atom. The summed E-state index contributed by atoms with van der Waals surface area (Å²) >= 11 is 1.46. The molecule has 1 fully saturated rings. The standard InChI is InChI=1S/C15H19N3O3S/c1-8-6-17(7-9(2)21-8)13(19)12-5-16-15-18(14(12)20)10(3)11(4)22-15/h5,8-9H,6-7H2,1-4H3. The molecule has 2 aromatic heterocycles. The van der Waals surface area contributed by atoms with E-state index in [2.05, 4.69) is 4.98 Å². The maximum Gasteiger partial charge on any atom is 0.271 e. The van der Waals surface area contributed by atoms with Gasteiger partial charge in [0.25, 0.3) is 11.5 Å². The molecule has 1 aliphatic rings. The molecular weight excluding hydrogens is 302 g/mol. The molecule has 1 amide bonds. The Morgan fingerprint density at radius 1 is 1.32 bits per heavy atom. The molecule has 2 unspecified atom stereocenters. The first-order valence-corrected chi connectivity index (χ1v) is 8.12. The molecule has 3 heterocycles. The molecule has 0 N–H and O–H groups in total. The predicted octanol–water partition coefficient (Wildman–Crippen LogP) is 1.62. The molecule has 1 saturated heterocycles. The van der Waals surface area contributed by atoms with Crippen LogP contribution in [0.5, 0.6) is 0 Å². The average molecular weight is 321 g/mol. The molecule has 6 nitrogen and oxygen atoms in total. The molecule has 22 heavy (non-hydrogen) atoms. The summed E-state index contributed by atoms with van der Waals surface area (Å²) in [6.45, 7) is 8.66. The van der Waals surface area contributed by atoms with Gasteiger partial charge in [0.15, 0.2) is 4.96 Å². The van der Waals surface area contributed by atoms with Crippen molar-refractivity contribution in [3.63, 3.8) is 0 Å². The lowest BCUT2D eigenvalue weighted by molar-refractivity contribution is -0.0586. The van der Waals surface area contributed by atoms with Gasteiger partial charge in [0.05, 0.1) is 12.2 Å². The Labute approximate surface area is 132 Å². The molecule has 0 saturated carbocycles. The van der Waals surface area contributed by atoms with E-state index in [9.17, 15) is 9.59 Å². The predicted molar refractivity (Wildman–Crippen MR) is 84.7 cm³/mol. The fraction of sp³-hybridized carbons (Fsp3) is 0.533. The first-order valence-electron chi connectivity index (χ1n) is 7.31. The Kier molecular flexibility index (Phi) is 3.78. The van der Waals surface area contributed by atoms with Gasteiger partial charge < -0.3 is 9.64 Å². The molecule has 0 radical (unpaired) electrons. The molecule has 7 heteroatoms. The number of ether oxygens (including phenoxy) is 1. The van der Waals surface area contributed by atoms with Crippen LogP contribution in [0, 0.1) is 13.8 Å². The first-order chi connectivity index (χ1) is 10.4. The summed E-state index contributed by atoms with van der Waals surface area (Å²) in [5, 5.41) is 0. The van der Waals surface area contributed by atoms with Gasteiger partial charge in [-0.15, -0.1) is 11.3 Å². The number of fused-ring (bicyclic) bond motifs is 1. The fourth-order valence-electron chi connectivity index (χ4n) is 2.84. The molecule has 3 rings (SSSR count). The monoisotopic (exact) mass is 321 g/mol. The third kappa shape index (κ3) is 2.44. The van der Waals surface area contributed by atoms with Crippen molar-refractivity contribution in [2.45, 2.75) is 39.9 Å². The van der Waals surface area contributed by atoms with Crippen LogP contribution in [-0.4, -0.2) is 45.5 Å². The Bertz CT molecular complexity index is 785. The van der Waals surface area contributed by atoms with E-state index < -0.39 is 0 Å². The van der Waals surface area contributed by atoms with E-state index in [1.165, 1.54) is 21.9 Å². The van der Waals surface area contributed by atoms with Gasteiger partial charge in [-0.1, -0.05) is 0 Å². The maximum atomic E-state index is 12.7. The highest BCUT2D eigenvalue weighted by molar-refractivity contribution is 7.17. The number of rotatable bonds is 1. The zero-order chi connectivity index (χ0) is 16.0. The van der Waals surface area contributed by atoms with Crippen LogP contribution >= 0.6 is 11.3 Å². The lowest BCUT2D eigenvalue weighted by atomic mass is 10.2. The minimum Gasteiger partial charge on any atom is -0.372 e. The molecule has 0 spiro atoms. The van der Waals surface area contributed by atoms with Crippen LogP contribution < -0.4 is 5.56 Å². The summed E-state index contributed by atoms with van der Waals surface area (Å²) in [4.78, 5) is 33.0. The number of aromatic nitrogens is 2. The van der Waals surface area contributed by atoms with E-state index in [1.807, 2.05) is 27.7 Å². The minimum atomic E-state index is -0.288. The second-order valence-corrected chi connectivity index (χ2v) is 6.99. The number of hydrogen-bond acceptors (Lipinski definition) is 5. The highest BCUT2D eigenvalue weighted by atomic mass is 32.1. The Morgan fingerprint density at radius 2 is 1.95 bits per heavy atom. The number of carbonyl (C=O) groups excluding carboxylic acids is 1. The highest BCUT2D eigenvalue weighted by Gasteiger charge is 2.28. The summed E-state index contributed by atoms with van der Waals surface area (Å²) in [5.41, 5.74) is 0.680. The number of morpholine rings is 1. The molecule has 0 aromatic carbocycles. The van der Waals surface area contributed by atoms with Crippen molar-refractivity contribution in [2.24, 2.45) is 0 Å². The normalized spacial score (nSPS) is 22.3. The van der Waals surface area contributed by atoms with Gasteiger partial charge in [-0.25, -0.2) is 4.98 Å². The highest BCUT2D eigenvalue weighted by Crippen LogP contribution is 2.19. The van der Waals surface area contributed by atoms with E-state index >= 15 is 0 Å². The largest absolute Gasteiger partial charge is 0.372 e. The van der Waals surface area contributed by atoms with E-state index in [4.69, 9.17) is 4.74 Å². The number of amides is 1. The van der Waals surface area contributed by atoms with Gasteiger partial charge in [0.2, 0.25) is 0 Å². The summed E-state index contributed by atoms with van der Waals surface area (Å²) in [5.74, 6) is -0.267. The van der Waals surface area contributed by atoms with E-state index in [0.29, 0.717) is 18.1 Å². The molecule has 2 atom stereocenters. The van der Waals surface area contributed by atoms with Crippen molar-refractivity contribution in [3.8, 4) is 0 Å². The topological polar surface area (TPSA) is 63.9 Å². The SMILES string of the molecule is Cc1sc2ncc(C(=O)N3CC(C)OC(C)C3)c(=O)n2c1C. The van der Waals surface area contributed by atoms with E-state index in [0.717, 1.165) is 10.6 Å². The van der Waals surface area contributed by atoms with Crippen LogP contribution in [0.3, 0.4) is 0 Å². The molecule has 2 aromatic rings. The zero-order valence-electron chi connectivity index (χ0n) is 13.1. The van der Waals surface area contributed by atoms with Gasteiger partial charge in [0.1, 0.15) is 5.56 Å². The van der Waals surface area contributed by atoms with Gasteiger partial charge >= 0.3 is 0 Å². The lowest BCUT2D eigenvalue weighted by Crippen LogP contribution is -2.49. The second-order valence-electron chi connectivity index (χ2n) is 5.81. The second kappa shape index (κ2) is 5.48. The van der Waals surface area contributed by atoms with E-state index in [-0.39, 0.29) is 29.2 Å². The summed E-state index contributed by atoms with van der Waals surface area (Å²) in [7, 11) is 0. The van der Waals surface area contributed by atoms with Gasteiger partial charge in [-0.05, 0) is 27.7 Å². The van der Waals surface area contributed by atoms with Crippen molar-refractivity contribution in [3.05, 3.63) is 32.7 Å². The minimum absolute atomic E-state index is 0.0303. The van der Waals surface area contributed by atoms with Crippen LogP contribution in [0.4, 0.5) is 0 Å². The lowest BCUT2D eigenvalue weighted by Gasteiger charge is -2.35. The third-order valence-corrected chi connectivity index (χ3v) is 5.03. The molecule has 0 aliphatic carbocycles. The van der Waals surface area contributed by atoms with Crippen molar-refractivity contribution in [1.82, 2.24) is 14.3 Å². The van der Waals surface area contributed by atoms with Crippen LogP contribution in [0.2, 0.25) is 0 Å². The zero-order valence-corrected chi connectivity index (χ0v) is 13.9. The number of nitrogens with zero attached hydrogens (tertiary/aromatic N) is 3. The van der Waals surface area contributed by atoms with Crippen LogP contribution in [-0.2, 0) is 4.74 Å². The summed E-state index contributed by atoms with van der Waals surface area (Å²) in [6, 6.07) is 0. The van der Waals surface area contributed by atoms with Crippen LogP contribution in [0.15, 0.2) is 11.0 Å². The van der Waals surface area contributed by atoms with Gasteiger partial charge in [-0.3, -0.25) is 14.0 Å². The fourth-order valence-corrected chi connectivity index (χ4v) is 3.77. The van der Waals surface area contributed by atoms with Crippen molar-refractivity contribution >= 4 is 22.2 Å². The molecular formula is C15H19N3O3S. The van der Waals surface area contributed by atoms with E-state index in [1.54, 1.807) is 4.90 Å². The number of thiazole rings is 1. The van der Waals surface area contributed by atoms with Crippen LogP contribution in [0.25, 0.3) is 4.96 Å². The summed E-state index contributed by atoms with van der Waals surface area (Å²) < 4.78 is 7.16. The molecule has 0 bridgehead atoms. The first kappa shape index (κ1) is 15.2. The average Bonchev–Trinajstić information content (AvgIpc) is 2.73. The summed E-state index contributed by atoms with van der Waals surface area (Å²) in [6.07, 6.45) is 1.34. The third-order valence-electron chi connectivity index (χ3n) is 3.96. The van der Waals surface area contributed by atoms with Crippen molar-refractivity contribution in [2.75, 3.05) is 13.1 Å². The van der Waals surface area contributed by atoms with Crippen molar-refractivity contribution < 1.29 is 9.53 Å². The quantitative estimate of drug-likeness (QED) is 0.801. The maximum absolute atomic E-state index is 12.7. The molecule has 1 aliphatic heterocycles. The van der Waals surface area contributed by atoms with Crippen LogP contribution in [0.1, 0.15) is 34.8 Å². The van der Waals surface area contributed by atoms with Gasteiger partial charge in [-0.2, -0.15) is 0 Å². The molecule has 118 valence electrons.